The second-order valence-electron chi connectivity index (χ2n) is 3.81. The van der Waals surface area contributed by atoms with Crippen molar-refractivity contribution in [2.24, 2.45) is 5.16 Å². The molecule has 0 atom stereocenters. The average Bonchev–Trinajstić information content (AvgIpc) is 2.40. The fourth-order valence-corrected chi connectivity index (χ4v) is 2.06. The number of rotatable bonds is 4. The van der Waals surface area contributed by atoms with Gasteiger partial charge in [0.15, 0.2) is 0 Å². The van der Waals surface area contributed by atoms with E-state index in [0.717, 1.165) is 5.56 Å². The smallest absolute Gasteiger partial charge is 0.134 e. The first kappa shape index (κ1) is 13.5. The van der Waals surface area contributed by atoms with Crippen LogP contribution in [0.25, 0.3) is 0 Å². The van der Waals surface area contributed by atoms with Crippen molar-refractivity contribution in [2.45, 2.75) is 6.61 Å². The lowest BCUT2D eigenvalue weighted by molar-refractivity contribution is 0.298. The molecule has 0 bridgehead atoms. The Hall–Kier alpha value is -1.88. The van der Waals surface area contributed by atoms with Gasteiger partial charge in [0.05, 0.1) is 10.7 Å². The summed E-state index contributed by atoms with van der Waals surface area (Å²) in [4.78, 5) is 0. The Bertz CT molecular complexity index is 602. The third-order valence-electron chi connectivity index (χ3n) is 2.50. The molecular formula is C14H11BrFNO2. The summed E-state index contributed by atoms with van der Waals surface area (Å²) in [7, 11) is 0. The highest BCUT2D eigenvalue weighted by molar-refractivity contribution is 9.10. The van der Waals surface area contributed by atoms with Gasteiger partial charge in [0, 0.05) is 5.56 Å². The summed E-state index contributed by atoms with van der Waals surface area (Å²) < 4.78 is 19.7. The summed E-state index contributed by atoms with van der Waals surface area (Å²) in [6, 6.07) is 11.7. The van der Waals surface area contributed by atoms with Crippen LogP contribution in [0.5, 0.6) is 5.75 Å². The second kappa shape index (κ2) is 6.33. The summed E-state index contributed by atoms with van der Waals surface area (Å²) in [5.74, 6) is 0.306. The van der Waals surface area contributed by atoms with E-state index in [-0.39, 0.29) is 12.4 Å². The molecule has 5 heteroatoms. The number of hydrogen-bond acceptors (Lipinski definition) is 3. The van der Waals surface area contributed by atoms with Crippen LogP contribution in [0.1, 0.15) is 11.1 Å². The standard InChI is InChI=1S/C14H11BrFNO2/c15-12-7-10(8-17-18)5-6-14(12)19-9-11-3-1-2-4-13(11)16/h1-8,18H,9H2/b17-8-. The molecule has 0 heterocycles. The number of hydrogen-bond donors (Lipinski definition) is 1. The molecule has 19 heavy (non-hydrogen) atoms. The van der Waals surface area contributed by atoms with Crippen LogP contribution in [0, 0.1) is 5.82 Å². The Kier molecular flexibility index (Phi) is 4.52. The van der Waals surface area contributed by atoms with Gasteiger partial charge in [-0.25, -0.2) is 4.39 Å². The Morgan fingerprint density at radius 3 is 2.74 bits per heavy atom. The summed E-state index contributed by atoms with van der Waals surface area (Å²) in [5, 5.41) is 11.4. The SMILES string of the molecule is O/N=C\c1ccc(OCc2ccccc2F)c(Br)c1. The van der Waals surface area contributed by atoms with E-state index < -0.39 is 0 Å². The van der Waals surface area contributed by atoms with Crippen molar-refractivity contribution in [3.8, 4) is 5.75 Å². The molecule has 3 nitrogen and oxygen atoms in total. The molecule has 0 unspecified atom stereocenters. The van der Waals surface area contributed by atoms with Crippen molar-refractivity contribution in [2.75, 3.05) is 0 Å². The average molecular weight is 324 g/mol. The molecule has 2 aromatic carbocycles. The molecule has 0 radical (unpaired) electrons. The number of benzene rings is 2. The highest BCUT2D eigenvalue weighted by atomic mass is 79.9. The van der Waals surface area contributed by atoms with Gasteiger partial charge in [0.25, 0.3) is 0 Å². The first-order valence-electron chi connectivity index (χ1n) is 5.54. The van der Waals surface area contributed by atoms with E-state index in [1.165, 1.54) is 12.3 Å². The maximum Gasteiger partial charge on any atom is 0.134 e. The third kappa shape index (κ3) is 3.54. The van der Waals surface area contributed by atoms with Crippen LogP contribution >= 0.6 is 15.9 Å². The van der Waals surface area contributed by atoms with Gasteiger partial charge in [-0.15, -0.1) is 0 Å². The molecule has 0 aliphatic carbocycles. The highest BCUT2D eigenvalue weighted by Gasteiger charge is 2.05. The fourth-order valence-electron chi connectivity index (χ4n) is 1.55. The molecule has 98 valence electrons. The number of nitrogens with zero attached hydrogens (tertiary/aromatic N) is 1. The van der Waals surface area contributed by atoms with Crippen molar-refractivity contribution in [3.63, 3.8) is 0 Å². The highest BCUT2D eigenvalue weighted by Crippen LogP contribution is 2.26. The van der Waals surface area contributed by atoms with Gasteiger partial charge in [0.1, 0.15) is 18.2 Å². The van der Waals surface area contributed by atoms with Crippen molar-refractivity contribution in [1.29, 1.82) is 0 Å². The molecule has 0 saturated carbocycles. The Morgan fingerprint density at radius 2 is 2.05 bits per heavy atom. The summed E-state index contributed by atoms with van der Waals surface area (Å²) in [6.07, 6.45) is 1.31. The summed E-state index contributed by atoms with van der Waals surface area (Å²) in [5.41, 5.74) is 1.23. The molecule has 0 saturated heterocycles. The Balaban J connectivity index is 2.10. The zero-order valence-corrected chi connectivity index (χ0v) is 11.5. The minimum atomic E-state index is -0.289. The monoisotopic (exact) mass is 323 g/mol. The summed E-state index contributed by atoms with van der Waals surface area (Å²) >= 11 is 3.35. The van der Waals surface area contributed by atoms with E-state index in [1.54, 1.807) is 36.4 Å². The predicted molar refractivity (Wildman–Crippen MR) is 74.3 cm³/mol. The molecule has 0 aliphatic heterocycles. The molecule has 1 N–H and O–H groups in total. The molecule has 0 aliphatic rings. The molecule has 0 amide bonds. The maximum absolute atomic E-state index is 13.4. The molecule has 2 rings (SSSR count). The largest absolute Gasteiger partial charge is 0.488 e. The second-order valence-corrected chi connectivity index (χ2v) is 4.67. The number of halogens is 2. The van der Waals surface area contributed by atoms with Crippen LogP contribution in [0.2, 0.25) is 0 Å². The van der Waals surface area contributed by atoms with Gasteiger partial charge in [-0.3, -0.25) is 0 Å². The van der Waals surface area contributed by atoms with Crippen LogP contribution in [0.15, 0.2) is 52.1 Å². The molecular weight excluding hydrogens is 313 g/mol. The number of ether oxygens (including phenoxy) is 1. The maximum atomic E-state index is 13.4. The molecule has 0 spiro atoms. The minimum Gasteiger partial charge on any atom is -0.488 e. The molecule has 0 aromatic heterocycles. The van der Waals surface area contributed by atoms with Crippen LogP contribution < -0.4 is 4.74 Å². The number of oxime groups is 1. The van der Waals surface area contributed by atoms with Crippen molar-refractivity contribution in [1.82, 2.24) is 0 Å². The van der Waals surface area contributed by atoms with E-state index in [2.05, 4.69) is 21.1 Å². The predicted octanol–water partition coefficient (Wildman–Crippen LogP) is 3.98. The van der Waals surface area contributed by atoms with E-state index in [0.29, 0.717) is 15.8 Å². The third-order valence-corrected chi connectivity index (χ3v) is 3.12. The molecule has 0 fully saturated rings. The zero-order chi connectivity index (χ0) is 13.7. The van der Waals surface area contributed by atoms with E-state index >= 15 is 0 Å². The van der Waals surface area contributed by atoms with Crippen molar-refractivity contribution in [3.05, 3.63) is 63.9 Å². The van der Waals surface area contributed by atoms with Gasteiger partial charge in [0.2, 0.25) is 0 Å². The van der Waals surface area contributed by atoms with E-state index in [1.807, 2.05) is 0 Å². The fraction of sp³-hybridized carbons (Fsp3) is 0.0714. The van der Waals surface area contributed by atoms with Gasteiger partial charge in [-0.1, -0.05) is 23.4 Å². The van der Waals surface area contributed by atoms with Crippen molar-refractivity contribution < 1.29 is 14.3 Å². The first-order chi connectivity index (χ1) is 9.20. The van der Waals surface area contributed by atoms with Gasteiger partial charge in [-0.05, 0) is 45.8 Å². The van der Waals surface area contributed by atoms with Gasteiger partial charge in [-0.2, -0.15) is 0 Å². The minimum absolute atomic E-state index is 0.151. The molecule has 2 aromatic rings. The van der Waals surface area contributed by atoms with Crippen LogP contribution in [-0.4, -0.2) is 11.4 Å². The first-order valence-corrected chi connectivity index (χ1v) is 6.33. The van der Waals surface area contributed by atoms with Gasteiger partial charge < -0.3 is 9.94 Å². The summed E-state index contributed by atoms with van der Waals surface area (Å²) in [6.45, 7) is 0.151. The Labute approximate surface area is 118 Å². The lowest BCUT2D eigenvalue weighted by Crippen LogP contribution is -1.99. The van der Waals surface area contributed by atoms with Gasteiger partial charge >= 0.3 is 0 Å². The van der Waals surface area contributed by atoms with Crippen LogP contribution in [-0.2, 0) is 6.61 Å². The topological polar surface area (TPSA) is 41.8 Å². The Morgan fingerprint density at radius 1 is 1.26 bits per heavy atom. The van der Waals surface area contributed by atoms with Crippen LogP contribution in [0.4, 0.5) is 4.39 Å². The van der Waals surface area contributed by atoms with E-state index in [9.17, 15) is 4.39 Å². The quantitative estimate of drug-likeness (QED) is 0.525. The lowest BCUT2D eigenvalue weighted by Gasteiger charge is -2.09. The van der Waals surface area contributed by atoms with Crippen molar-refractivity contribution >= 4 is 22.1 Å². The lowest BCUT2D eigenvalue weighted by atomic mass is 10.2. The van der Waals surface area contributed by atoms with E-state index in [4.69, 9.17) is 9.94 Å². The van der Waals surface area contributed by atoms with Crippen LogP contribution in [0.3, 0.4) is 0 Å². The zero-order valence-electron chi connectivity index (χ0n) is 9.88. The normalized spacial score (nSPS) is 10.8.